The topological polar surface area (TPSA) is 62.3 Å². The van der Waals surface area contributed by atoms with Gasteiger partial charge in [-0.25, -0.2) is 8.78 Å². The molecule has 0 radical (unpaired) electrons. The number of aromatic nitrogens is 1. The molecule has 31 heavy (non-hydrogen) atoms. The molecule has 2 aromatic carbocycles. The van der Waals surface area contributed by atoms with E-state index in [2.05, 4.69) is 10.3 Å². The molecule has 5 nitrogen and oxygen atoms in total. The van der Waals surface area contributed by atoms with Crippen LogP contribution >= 0.6 is 0 Å². The number of amides is 1. The van der Waals surface area contributed by atoms with E-state index in [4.69, 9.17) is 0 Å². The average Bonchev–Trinajstić information content (AvgIpc) is 3.24. The van der Waals surface area contributed by atoms with Crippen LogP contribution in [0.15, 0.2) is 66.9 Å². The lowest BCUT2D eigenvalue weighted by Crippen LogP contribution is -2.51. The molecule has 7 heteroatoms. The van der Waals surface area contributed by atoms with Crippen LogP contribution in [-0.2, 0) is 10.3 Å². The Balaban J connectivity index is 1.74. The summed E-state index contributed by atoms with van der Waals surface area (Å²) in [6, 6.07) is 15.1. The molecule has 1 fully saturated rings. The summed E-state index contributed by atoms with van der Waals surface area (Å²) >= 11 is 0. The molecule has 1 amide bonds. The maximum Gasteiger partial charge on any atom is 0.250 e. The number of Topliss-reactive ketones (excluding diaryl/α,β-unsaturated/α-hetero) is 1. The van der Waals surface area contributed by atoms with Crippen molar-refractivity contribution in [2.45, 2.75) is 11.5 Å². The number of likely N-dealkylation sites (tertiary alicyclic amines) is 1. The Labute approximate surface area is 177 Å². The number of benzene rings is 2. The minimum absolute atomic E-state index is 0.229. The molecular weight excluding hydrogens is 400 g/mol. The SMILES string of the molecule is CN1C[C@H](c2ccc(F)cc2)[C@H](C(=O)c2ccccn2)[C@]12C(=O)Nc1ccc(F)cc12. The van der Waals surface area contributed by atoms with E-state index in [0.717, 1.165) is 5.56 Å². The smallest absolute Gasteiger partial charge is 0.250 e. The van der Waals surface area contributed by atoms with Crippen molar-refractivity contribution in [1.82, 2.24) is 9.88 Å². The zero-order chi connectivity index (χ0) is 21.8. The van der Waals surface area contributed by atoms with E-state index in [1.54, 1.807) is 42.3 Å². The molecule has 3 atom stereocenters. The summed E-state index contributed by atoms with van der Waals surface area (Å²) in [4.78, 5) is 33.3. The van der Waals surface area contributed by atoms with Crippen molar-refractivity contribution in [1.29, 1.82) is 0 Å². The Morgan fingerprint density at radius 1 is 1.10 bits per heavy atom. The number of hydrogen-bond acceptors (Lipinski definition) is 4. The quantitative estimate of drug-likeness (QED) is 0.657. The second kappa shape index (κ2) is 7.06. The maximum absolute atomic E-state index is 14.3. The third kappa shape index (κ3) is 2.80. The highest BCUT2D eigenvalue weighted by Crippen LogP contribution is 2.55. The van der Waals surface area contributed by atoms with Gasteiger partial charge >= 0.3 is 0 Å². The second-order valence-corrected chi connectivity index (χ2v) is 8.01. The molecular formula is C24H19F2N3O2. The molecule has 3 heterocycles. The van der Waals surface area contributed by atoms with Crippen LogP contribution in [-0.4, -0.2) is 35.2 Å². The molecule has 1 saturated heterocycles. The van der Waals surface area contributed by atoms with Gasteiger partial charge in [0.2, 0.25) is 5.91 Å². The van der Waals surface area contributed by atoms with E-state index in [9.17, 15) is 18.4 Å². The molecule has 2 aliphatic rings. The van der Waals surface area contributed by atoms with Crippen LogP contribution in [0.2, 0.25) is 0 Å². The first-order chi connectivity index (χ1) is 14.9. The number of pyridine rings is 1. The molecule has 2 aliphatic heterocycles. The molecule has 1 spiro atoms. The van der Waals surface area contributed by atoms with Crippen molar-refractivity contribution in [2.75, 3.05) is 18.9 Å². The van der Waals surface area contributed by atoms with Crippen molar-refractivity contribution < 1.29 is 18.4 Å². The molecule has 1 N–H and O–H groups in total. The van der Waals surface area contributed by atoms with E-state index < -0.39 is 23.2 Å². The Hall–Kier alpha value is -3.45. The molecule has 0 aliphatic carbocycles. The van der Waals surface area contributed by atoms with Crippen LogP contribution in [0.5, 0.6) is 0 Å². The van der Waals surface area contributed by atoms with Gasteiger partial charge in [-0.1, -0.05) is 18.2 Å². The van der Waals surface area contributed by atoms with Gasteiger partial charge in [-0.2, -0.15) is 0 Å². The summed E-state index contributed by atoms with van der Waals surface area (Å²) < 4.78 is 27.8. The van der Waals surface area contributed by atoms with E-state index in [1.807, 2.05) is 0 Å². The summed E-state index contributed by atoms with van der Waals surface area (Å²) in [5.41, 5.74) is 0.477. The fraction of sp³-hybridized carbons (Fsp3) is 0.208. The van der Waals surface area contributed by atoms with Gasteiger partial charge in [0.1, 0.15) is 22.9 Å². The maximum atomic E-state index is 14.3. The number of rotatable bonds is 3. The predicted octanol–water partition coefficient (Wildman–Crippen LogP) is 3.74. The van der Waals surface area contributed by atoms with E-state index in [-0.39, 0.29) is 23.2 Å². The number of nitrogens with one attached hydrogen (secondary N) is 1. The van der Waals surface area contributed by atoms with Gasteiger partial charge in [0.25, 0.3) is 0 Å². The fourth-order valence-corrected chi connectivity index (χ4v) is 5.09. The molecule has 3 aromatic rings. The number of hydrogen-bond donors (Lipinski definition) is 1. The number of carbonyl (C=O) groups is 2. The summed E-state index contributed by atoms with van der Waals surface area (Å²) in [5.74, 6) is -2.86. The third-order valence-corrected chi connectivity index (χ3v) is 6.41. The first-order valence-corrected chi connectivity index (χ1v) is 9.96. The predicted molar refractivity (Wildman–Crippen MR) is 111 cm³/mol. The van der Waals surface area contributed by atoms with Gasteiger partial charge in [-0.05, 0) is 55.1 Å². The second-order valence-electron chi connectivity index (χ2n) is 8.01. The van der Waals surface area contributed by atoms with Gasteiger partial charge in [-0.15, -0.1) is 0 Å². The Morgan fingerprint density at radius 2 is 1.84 bits per heavy atom. The van der Waals surface area contributed by atoms with Crippen molar-refractivity contribution in [2.24, 2.45) is 5.92 Å². The summed E-state index contributed by atoms with van der Waals surface area (Å²) in [7, 11) is 1.75. The minimum atomic E-state index is -1.40. The fourth-order valence-electron chi connectivity index (χ4n) is 5.09. The average molecular weight is 419 g/mol. The lowest BCUT2D eigenvalue weighted by Gasteiger charge is -2.35. The zero-order valence-corrected chi connectivity index (χ0v) is 16.7. The first kappa shape index (κ1) is 19.5. The van der Waals surface area contributed by atoms with E-state index in [1.165, 1.54) is 36.5 Å². The molecule has 0 unspecified atom stereocenters. The highest BCUT2D eigenvalue weighted by atomic mass is 19.1. The molecule has 0 bridgehead atoms. The van der Waals surface area contributed by atoms with Gasteiger partial charge in [0.15, 0.2) is 5.78 Å². The van der Waals surface area contributed by atoms with Gasteiger partial charge < -0.3 is 5.32 Å². The molecule has 0 saturated carbocycles. The highest BCUT2D eigenvalue weighted by molar-refractivity contribution is 6.11. The van der Waals surface area contributed by atoms with Crippen LogP contribution < -0.4 is 5.32 Å². The number of nitrogens with zero attached hydrogens (tertiary/aromatic N) is 2. The van der Waals surface area contributed by atoms with Crippen LogP contribution in [0.1, 0.15) is 27.5 Å². The van der Waals surface area contributed by atoms with Crippen LogP contribution in [0.4, 0.5) is 14.5 Å². The summed E-state index contributed by atoms with van der Waals surface area (Å²) in [6.07, 6.45) is 1.52. The molecule has 5 rings (SSSR count). The largest absolute Gasteiger partial charge is 0.324 e. The summed E-state index contributed by atoms with van der Waals surface area (Å²) in [5, 5.41) is 2.83. The zero-order valence-electron chi connectivity index (χ0n) is 16.7. The standard InChI is InChI=1S/C24H19F2N3O2/c1-29-13-17(14-5-7-15(25)8-6-14)21(22(30)20-4-2-3-11-27-20)24(29)18-12-16(26)9-10-19(18)28-23(24)31/h2-12,17,21H,13H2,1H3,(H,28,31)/t17-,21-,24-/m1/s1. The van der Waals surface area contributed by atoms with Crippen LogP contribution in [0.25, 0.3) is 0 Å². The lowest BCUT2D eigenvalue weighted by molar-refractivity contribution is -0.126. The third-order valence-electron chi connectivity index (χ3n) is 6.41. The number of halogens is 2. The van der Waals surface area contributed by atoms with Gasteiger partial charge in [0, 0.05) is 29.9 Å². The van der Waals surface area contributed by atoms with E-state index >= 15 is 0 Å². The van der Waals surface area contributed by atoms with Crippen molar-refractivity contribution >= 4 is 17.4 Å². The Kier molecular flexibility index (Phi) is 4.44. The van der Waals surface area contributed by atoms with Gasteiger partial charge in [-0.3, -0.25) is 19.5 Å². The summed E-state index contributed by atoms with van der Waals surface area (Å²) in [6.45, 7) is 0.359. The monoisotopic (exact) mass is 419 g/mol. The highest BCUT2D eigenvalue weighted by Gasteiger charge is 2.64. The number of anilines is 1. The van der Waals surface area contributed by atoms with Crippen LogP contribution in [0.3, 0.4) is 0 Å². The Morgan fingerprint density at radius 3 is 2.55 bits per heavy atom. The Bertz CT molecular complexity index is 1180. The number of fused-ring (bicyclic) bond motifs is 2. The first-order valence-electron chi connectivity index (χ1n) is 9.96. The van der Waals surface area contributed by atoms with Crippen LogP contribution in [0, 0.1) is 17.6 Å². The van der Waals surface area contributed by atoms with E-state index in [0.29, 0.717) is 17.8 Å². The van der Waals surface area contributed by atoms with Crippen molar-refractivity contribution in [3.05, 3.63) is 95.3 Å². The molecule has 1 aromatic heterocycles. The minimum Gasteiger partial charge on any atom is -0.324 e. The van der Waals surface area contributed by atoms with Gasteiger partial charge in [0.05, 0.1) is 5.92 Å². The van der Waals surface area contributed by atoms with Crippen molar-refractivity contribution in [3.63, 3.8) is 0 Å². The number of likely N-dealkylation sites (N-methyl/N-ethyl adjacent to an activating group) is 1. The lowest BCUT2D eigenvalue weighted by atomic mass is 9.71. The van der Waals surface area contributed by atoms with Crippen molar-refractivity contribution in [3.8, 4) is 0 Å². The number of ketones is 1. The normalized spacial score (nSPS) is 24.9. The number of carbonyl (C=O) groups excluding carboxylic acids is 2. The molecule has 156 valence electrons.